The number of hydrogen-bond acceptors (Lipinski definition) is 2. The van der Waals surface area contributed by atoms with Gasteiger partial charge in [-0.2, -0.15) is 0 Å². The average Bonchev–Trinajstić information content (AvgIpc) is 2.57. The Morgan fingerprint density at radius 2 is 1.64 bits per heavy atom. The molecule has 7 heteroatoms. The van der Waals surface area contributed by atoms with Crippen LogP contribution in [0.25, 0.3) is 0 Å². The second kappa shape index (κ2) is 8.23. The molecular weight excluding hydrogens is 328 g/mol. The van der Waals surface area contributed by atoms with Crippen LogP contribution in [0.3, 0.4) is 0 Å². The minimum Gasteiger partial charge on any atom is -0.331 e. The highest BCUT2D eigenvalue weighted by atomic mass is 19.1. The Labute approximate surface area is 144 Å². The number of aryl methyl sites for hydroxylation is 1. The molecule has 0 radical (unpaired) electrons. The van der Waals surface area contributed by atoms with Gasteiger partial charge in [-0.1, -0.05) is 12.1 Å². The molecule has 0 aromatic heterocycles. The molecule has 0 atom stereocenters. The molecule has 3 amide bonds. The van der Waals surface area contributed by atoms with E-state index in [1.165, 1.54) is 4.90 Å². The van der Waals surface area contributed by atoms with Crippen molar-refractivity contribution in [1.82, 2.24) is 4.90 Å². The fourth-order valence-corrected chi connectivity index (χ4v) is 2.12. The van der Waals surface area contributed by atoms with Gasteiger partial charge in [0.1, 0.15) is 11.6 Å². The molecule has 0 unspecified atom stereocenters. The minimum absolute atomic E-state index is 0.0175. The molecule has 2 aromatic rings. The van der Waals surface area contributed by atoms with E-state index in [1.807, 2.05) is 0 Å². The molecule has 0 heterocycles. The highest BCUT2D eigenvalue weighted by molar-refractivity contribution is 5.98. The minimum atomic E-state index is -0.548. The van der Waals surface area contributed by atoms with E-state index in [1.54, 1.807) is 38.4 Å². The molecule has 0 saturated carbocycles. The summed E-state index contributed by atoms with van der Waals surface area (Å²) in [5, 5.41) is 5.34. The van der Waals surface area contributed by atoms with Gasteiger partial charge in [-0.3, -0.25) is 4.79 Å². The average molecular weight is 347 g/mol. The molecule has 0 spiro atoms. The van der Waals surface area contributed by atoms with Gasteiger partial charge in [0, 0.05) is 20.5 Å². The number of benzene rings is 2. The summed E-state index contributed by atoms with van der Waals surface area (Å²) in [6, 6.07) is 9.56. The molecule has 25 heavy (non-hydrogen) atoms. The number of amides is 3. The van der Waals surface area contributed by atoms with Crippen molar-refractivity contribution in [1.29, 1.82) is 0 Å². The number of halogens is 2. The van der Waals surface area contributed by atoms with Crippen molar-refractivity contribution in [2.75, 3.05) is 24.7 Å². The molecule has 0 bridgehead atoms. The predicted octanol–water partition coefficient (Wildman–Crippen LogP) is 3.63. The van der Waals surface area contributed by atoms with Crippen molar-refractivity contribution in [2.45, 2.75) is 12.8 Å². The summed E-state index contributed by atoms with van der Waals surface area (Å²) >= 11 is 0. The first kappa shape index (κ1) is 18.4. The van der Waals surface area contributed by atoms with Crippen LogP contribution in [0.15, 0.2) is 42.5 Å². The van der Waals surface area contributed by atoms with Crippen LogP contribution in [0.2, 0.25) is 0 Å². The number of rotatable bonds is 5. The Bertz CT molecular complexity index is 779. The first-order chi connectivity index (χ1) is 11.9. The number of anilines is 2. The van der Waals surface area contributed by atoms with Gasteiger partial charge in [0.15, 0.2) is 0 Å². The highest BCUT2D eigenvalue weighted by Crippen LogP contribution is 2.22. The monoisotopic (exact) mass is 347 g/mol. The quantitative estimate of drug-likeness (QED) is 0.868. The molecule has 0 aliphatic carbocycles. The Kier molecular flexibility index (Phi) is 6.05. The molecule has 5 nitrogen and oxygen atoms in total. The third-order valence-corrected chi connectivity index (χ3v) is 3.48. The van der Waals surface area contributed by atoms with Crippen LogP contribution in [0.1, 0.15) is 12.0 Å². The van der Waals surface area contributed by atoms with Crippen LogP contribution < -0.4 is 10.6 Å². The largest absolute Gasteiger partial charge is 0.331 e. The number of urea groups is 1. The zero-order valence-electron chi connectivity index (χ0n) is 14.0. The molecular formula is C18H19F2N3O2. The van der Waals surface area contributed by atoms with Gasteiger partial charge in [0.25, 0.3) is 0 Å². The summed E-state index contributed by atoms with van der Waals surface area (Å²) in [6.45, 7) is 0. The zero-order chi connectivity index (χ0) is 18.4. The third kappa shape index (κ3) is 5.27. The van der Waals surface area contributed by atoms with Crippen LogP contribution in [0.4, 0.5) is 25.0 Å². The Hall–Kier alpha value is -2.96. The SMILES string of the molecule is CN(C)C(=O)Nc1ccccc1NC(=O)CCc1cc(F)ccc1F. The summed E-state index contributed by atoms with van der Waals surface area (Å²) in [5.41, 5.74) is 1.03. The van der Waals surface area contributed by atoms with Gasteiger partial charge >= 0.3 is 6.03 Å². The summed E-state index contributed by atoms with van der Waals surface area (Å²) in [5.74, 6) is -1.46. The zero-order valence-corrected chi connectivity index (χ0v) is 14.0. The van der Waals surface area contributed by atoms with Gasteiger partial charge < -0.3 is 15.5 Å². The molecule has 2 rings (SSSR count). The number of nitrogens with zero attached hydrogens (tertiary/aromatic N) is 1. The molecule has 0 aliphatic heterocycles. The number of carbonyl (C=O) groups excluding carboxylic acids is 2. The van der Waals surface area contributed by atoms with E-state index in [4.69, 9.17) is 0 Å². The van der Waals surface area contributed by atoms with Crippen molar-refractivity contribution in [3.05, 3.63) is 59.7 Å². The van der Waals surface area contributed by atoms with E-state index in [0.717, 1.165) is 18.2 Å². The lowest BCUT2D eigenvalue weighted by Crippen LogP contribution is -2.28. The maximum absolute atomic E-state index is 13.6. The molecule has 132 valence electrons. The van der Waals surface area contributed by atoms with Crippen LogP contribution in [-0.2, 0) is 11.2 Å². The first-order valence-electron chi connectivity index (χ1n) is 7.68. The third-order valence-electron chi connectivity index (χ3n) is 3.48. The lowest BCUT2D eigenvalue weighted by molar-refractivity contribution is -0.116. The van der Waals surface area contributed by atoms with Crippen LogP contribution in [0.5, 0.6) is 0 Å². The van der Waals surface area contributed by atoms with E-state index in [-0.39, 0.29) is 30.3 Å². The lowest BCUT2D eigenvalue weighted by Gasteiger charge is -2.15. The van der Waals surface area contributed by atoms with E-state index in [0.29, 0.717) is 11.4 Å². The number of hydrogen-bond donors (Lipinski definition) is 2. The highest BCUT2D eigenvalue weighted by Gasteiger charge is 2.12. The fraction of sp³-hybridized carbons (Fsp3) is 0.222. The van der Waals surface area contributed by atoms with Crippen LogP contribution in [0, 0.1) is 11.6 Å². The van der Waals surface area contributed by atoms with Crippen molar-refractivity contribution < 1.29 is 18.4 Å². The summed E-state index contributed by atoms with van der Waals surface area (Å²) < 4.78 is 26.7. The van der Waals surface area contributed by atoms with E-state index < -0.39 is 11.6 Å². The Morgan fingerprint density at radius 3 is 2.28 bits per heavy atom. The molecule has 0 saturated heterocycles. The topological polar surface area (TPSA) is 61.4 Å². The van der Waals surface area contributed by atoms with Crippen molar-refractivity contribution in [2.24, 2.45) is 0 Å². The summed E-state index contributed by atoms with van der Waals surface area (Å²) in [4.78, 5) is 25.2. The van der Waals surface area contributed by atoms with Crippen molar-refractivity contribution >= 4 is 23.3 Å². The number of nitrogens with one attached hydrogen (secondary N) is 2. The maximum Gasteiger partial charge on any atom is 0.321 e. The number of carbonyl (C=O) groups is 2. The van der Waals surface area contributed by atoms with Crippen molar-refractivity contribution in [3.63, 3.8) is 0 Å². The van der Waals surface area contributed by atoms with Gasteiger partial charge in [-0.15, -0.1) is 0 Å². The van der Waals surface area contributed by atoms with Gasteiger partial charge in [0.2, 0.25) is 5.91 Å². The summed E-state index contributed by atoms with van der Waals surface area (Å²) in [7, 11) is 3.20. The standard InChI is InChI=1S/C18H19F2N3O2/c1-23(2)18(25)22-16-6-4-3-5-15(16)21-17(24)10-7-12-11-13(19)8-9-14(12)20/h3-6,8-9,11H,7,10H2,1-2H3,(H,21,24)(H,22,25). The maximum atomic E-state index is 13.6. The van der Waals surface area contributed by atoms with E-state index in [9.17, 15) is 18.4 Å². The fourth-order valence-electron chi connectivity index (χ4n) is 2.12. The number of para-hydroxylation sites is 2. The van der Waals surface area contributed by atoms with Crippen LogP contribution in [-0.4, -0.2) is 30.9 Å². The smallest absolute Gasteiger partial charge is 0.321 e. The van der Waals surface area contributed by atoms with Crippen LogP contribution >= 0.6 is 0 Å². The first-order valence-corrected chi connectivity index (χ1v) is 7.68. The van der Waals surface area contributed by atoms with E-state index >= 15 is 0 Å². The van der Waals surface area contributed by atoms with Gasteiger partial charge in [0.05, 0.1) is 11.4 Å². The molecule has 0 fully saturated rings. The Morgan fingerprint density at radius 1 is 1.00 bits per heavy atom. The van der Waals surface area contributed by atoms with Crippen molar-refractivity contribution in [3.8, 4) is 0 Å². The molecule has 2 aromatic carbocycles. The Balaban J connectivity index is 2.01. The molecule has 2 N–H and O–H groups in total. The second-order valence-corrected chi connectivity index (χ2v) is 5.65. The second-order valence-electron chi connectivity index (χ2n) is 5.65. The predicted molar refractivity (Wildman–Crippen MR) is 92.5 cm³/mol. The van der Waals surface area contributed by atoms with Gasteiger partial charge in [-0.25, -0.2) is 13.6 Å². The normalized spacial score (nSPS) is 10.2. The van der Waals surface area contributed by atoms with E-state index in [2.05, 4.69) is 10.6 Å². The summed E-state index contributed by atoms with van der Waals surface area (Å²) in [6.07, 6.45) is 0.0536. The molecule has 0 aliphatic rings. The van der Waals surface area contributed by atoms with Gasteiger partial charge in [-0.05, 0) is 42.3 Å². The lowest BCUT2D eigenvalue weighted by atomic mass is 10.1.